The lowest BCUT2D eigenvalue weighted by Gasteiger charge is -2.19. The molecule has 2 N–H and O–H groups in total. The Bertz CT molecular complexity index is 258. The van der Waals surface area contributed by atoms with Crippen molar-refractivity contribution in [2.45, 2.75) is 46.6 Å². The van der Waals surface area contributed by atoms with Gasteiger partial charge < -0.3 is 5.73 Å². The van der Waals surface area contributed by atoms with Crippen LogP contribution in [-0.2, 0) is 12.0 Å². The molecule has 0 saturated carbocycles. The highest BCUT2D eigenvalue weighted by molar-refractivity contribution is 5.28. The third kappa shape index (κ3) is 3.93. The van der Waals surface area contributed by atoms with Gasteiger partial charge >= 0.3 is 0 Å². The van der Waals surface area contributed by atoms with E-state index in [2.05, 4.69) is 45.0 Å². The van der Waals surface area contributed by atoms with Gasteiger partial charge in [-0.2, -0.15) is 0 Å². The van der Waals surface area contributed by atoms with Crippen LogP contribution < -0.4 is 5.73 Å². The Balaban J connectivity index is 0.000000791. The minimum absolute atomic E-state index is 0.227. The highest BCUT2D eigenvalue weighted by Gasteiger charge is 2.12. The Morgan fingerprint density at radius 1 is 1.14 bits per heavy atom. The van der Waals surface area contributed by atoms with Crippen LogP contribution >= 0.6 is 0 Å². The Kier molecular flexibility index (Phi) is 5.47. The van der Waals surface area contributed by atoms with Gasteiger partial charge in [-0.25, -0.2) is 0 Å². The van der Waals surface area contributed by atoms with Crippen LogP contribution in [-0.4, -0.2) is 0 Å². The Morgan fingerprint density at radius 2 is 1.71 bits per heavy atom. The molecule has 1 heteroatoms. The van der Waals surface area contributed by atoms with Crippen LogP contribution in [0, 0.1) is 0 Å². The van der Waals surface area contributed by atoms with E-state index in [-0.39, 0.29) is 5.41 Å². The fourth-order valence-corrected chi connectivity index (χ4v) is 1.16. The molecule has 1 rings (SSSR count). The minimum atomic E-state index is 0.227. The van der Waals surface area contributed by atoms with Crippen molar-refractivity contribution in [2.75, 3.05) is 0 Å². The van der Waals surface area contributed by atoms with Crippen LogP contribution in [0.2, 0.25) is 0 Å². The smallest absolute Gasteiger partial charge is 0.0178 e. The summed E-state index contributed by atoms with van der Waals surface area (Å²) in [5, 5.41) is 0. The van der Waals surface area contributed by atoms with E-state index < -0.39 is 0 Å². The molecular weight excluding hydrogens is 170 g/mol. The number of hydrogen-bond donors (Lipinski definition) is 1. The zero-order valence-electron chi connectivity index (χ0n) is 10.1. The highest BCUT2D eigenvalue weighted by atomic mass is 14.5. The van der Waals surface area contributed by atoms with Gasteiger partial charge in [-0.05, 0) is 16.5 Å². The average Bonchev–Trinajstić information content (AvgIpc) is 2.20. The topological polar surface area (TPSA) is 26.0 Å². The van der Waals surface area contributed by atoms with Crippen molar-refractivity contribution in [3.05, 3.63) is 35.4 Å². The third-order valence-corrected chi connectivity index (χ3v) is 2.03. The summed E-state index contributed by atoms with van der Waals surface area (Å²) in [5.74, 6) is 0. The average molecular weight is 193 g/mol. The summed E-state index contributed by atoms with van der Waals surface area (Å²) in [7, 11) is 0. The molecule has 0 amide bonds. The summed E-state index contributed by atoms with van der Waals surface area (Å²) in [6.07, 6.45) is 0. The van der Waals surface area contributed by atoms with Crippen LogP contribution in [0.25, 0.3) is 0 Å². The molecule has 0 bridgehead atoms. The summed E-state index contributed by atoms with van der Waals surface area (Å²) in [5.41, 5.74) is 8.35. The molecule has 0 heterocycles. The lowest BCUT2D eigenvalue weighted by molar-refractivity contribution is 0.589. The van der Waals surface area contributed by atoms with Gasteiger partial charge in [0.15, 0.2) is 0 Å². The summed E-state index contributed by atoms with van der Waals surface area (Å²) in [6.45, 7) is 11.3. The predicted octanol–water partition coefficient (Wildman–Crippen LogP) is 3.47. The van der Waals surface area contributed by atoms with Crippen LogP contribution in [0.1, 0.15) is 45.7 Å². The second kappa shape index (κ2) is 5.82. The van der Waals surface area contributed by atoms with Crippen LogP contribution in [0.15, 0.2) is 24.3 Å². The van der Waals surface area contributed by atoms with E-state index in [0.717, 1.165) is 0 Å². The summed E-state index contributed by atoms with van der Waals surface area (Å²) >= 11 is 0. The van der Waals surface area contributed by atoms with E-state index in [1.807, 2.05) is 13.8 Å². The van der Waals surface area contributed by atoms with Crippen LogP contribution in [0.4, 0.5) is 0 Å². The van der Waals surface area contributed by atoms with E-state index in [0.29, 0.717) is 6.54 Å². The maximum atomic E-state index is 5.56. The molecule has 0 aliphatic heterocycles. The largest absolute Gasteiger partial charge is 0.326 e. The second-order valence-electron chi connectivity index (χ2n) is 4.15. The zero-order valence-corrected chi connectivity index (χ0v) is 10.1. The molecule has 80 valence electrons. The third-order valence-electron chi connectivity index (χ3n) is 2.03. The highest BCUT2D eigenvalue weighted by Crippen LogP contribution is 2.22. The lowest BCUT2D eigenvalue weighted by Crippen LogP contribution is -2.11. The molecule has 0 radical (unpaired) electrons. The first-order valence-electron chi connectivity index (χ1n) is 5.33. The molecule has 0 aromatic heterocycles. The number of hydrogen-bond acceptors (Lipinski definition) is 1. The first-order chi connectivity index (χ1) is 6.54. The molecule has 0 aliphatic carbocycles. The summed E-state index contributed by atoms with van der Waals surface area (Å²) in [4.78, 5) is 0. The monoisotopic (exact) mass is 193 g/mol. The zero-order chi connectivity index (χ0) is 11.2. The fraction of sp³-hybridized carbons (Fsp3) is 0.538. The number of rotatable bonds is 1. The summed E-state index contributed by atoms with van der Waals surface area (Å²) < 4.78 is 0. The van der Waals surface area contributed by atoms with Crippen molar-refractivity contribution >= 4 is 0 Å². The van der Waals surface area contributed by atoms with Gasteiger partial charge in [-0.15, -0.1) is 0 Å². The predicted molar refractivity (Wildman–Crippen MR) is 64.4 cm³/mol. The molecule has 1 aromatic carbocycles. The lowest BCUT2D eigenvalue weighted by atomic mass is 9.86. The van der Waals surface area contributed by atoms with Gasteiger partial charge in [-0.1, -0.05) is 58.9 Å². The Labute approximate surface area is 88.3 Å². The Hall–Kier alpha value is -0.820. The maximum Gasteiger partial charge on any atom is 0.0178 e. The maximum absolute atomic E-state index is 5.56. The van der Waals surface area contributed by atoms with E-state index in [4.69, 9.17) is 5.73 Å². The molecule has 0 fully saturated rings. The van der Waals surface area contributed by atoms with Crippen molar-refractivity contribution in [3.8, 4) is 0 Å². The van der Waals surface area contributed by atoms with Crippen LogP contribution in [0.3, 0.4) is 0 Å². The van der Waals surface area contributed by atoms with E-state index in [9.17, 15) is 0 Å². The first kappa shape index (κ1) is 13.2. The molecule has 1 nitrogen and oxygen atoms in total. The molecule has 0 aliphatic rings. The molecule has 14 heavy (non-hydrogen) atoms. The summed E-state index contributed by atoms with van der Waals surface area (Å²) in [6, 6.07) is 8.47. The van der Waals surface area contributed by atoms with E-state index in [1.165, 1.54) is 11.1 Å². The van der Waals surface area contributed by atoms with Crippen LogP contribution in [0.5, 0.6) is 0 Å². The minimum Gasteiger partial charge on any atom is -0.326 e. The molecule has 1 aromatic rings. The molecule has 0 atom stereocenters. The van der Waals surface area contributed by atoms with Gasteiger partial charge in [0.1, 0.15) is 0 Å². The number of nitrogens with two attached hydrogens (primary N) is 1. The second-order valence-corrected chi connectivity index (χ2v) is 4.15. The molecule has 0 saturated heterocycles. The van der Waals surface area contributed by atoms with Gasteiger partial charge in [0.2, 0.25) is 0 Å². The number of benzene rings is 1. The Morgan fingerprint density at radius 3 is 2.14 bits per heavy atom. The van der Waals surface area contributed by atoms with Crippen molar-refractivity contribution < 1.29 is 0 Å². The standard InChI is InChI=1S/C11H17N.C2H6/c1-11(2,3)10-6-4-5-9(7-10)8-12;1-2/h4-7H,8,12H2,1-3H3;1-2H3. The van der Waals surface area contributed by atoms with Crippen molar-refractivity contribution in [2.24, 2.45) is 5.73 Å². The van der Waals surface area contributed by atoms with E-state index >= 15 is 0 Å². The first-order valence-corrected chi connectivity index (χ1v) is 5.33. The van der Waals surface area contributed by atoms with Crippen molar-refractivity contribution in [1.29, 1.82) is 0 Å². The quantitative estimate of drug-likeness (QED) is 0.726. The van der Waals surface area contributed by atoms with Gasteiger partial charge in [0.05, 0.1) is 0 Å². The normalized spacial score (nSPS) is 10.4. The fourth-order valence-electron chi connectivity index (χ4n) is 1.16. The molecule has 0 spiro atoms. The SMILES string of the molecule is CC.CC(C)(C)c1cccc(CN)c1. The van der Waals surface area contributed by atoms with Gasteiger partial charge in [0.25, 0.3) is 0 Å². The molecular formula is C13H23N. The van der Waals surface area contributed by atoms with Gasteiger partial charge in [-0.3, -0.25) is 0 Å². The molecule has 0 unspecified atom stereocenters. The van der Waals surface area contributed by atoms with Gasteiger partial charge in [0, 0.05) is 6.54 Å². The van der Waals surface area contributed by atoms with E-state index in [1.54, 1.807) is 0 Å². The van der Waals surface area contributed by atoms with Crippen molar-refractivity contribution in [3.63, 3.8) is 0 Å². The van der Waals surface area contributed by atoms with Crippen molar-refractivity contribution in [1.82, 2.24) is 0 Å².